The first-order chi connectivity index (χ1) is 9.13. The fourth-order valence-corrected chi connectivity index (χ4v) is 1.60. The summed E-state index contributed by atoms with van der Waals surface area (Å²) in [6, 6.07) is 4.82. The lowest BCUT2D eigenvalue weighted by molar-refractivity contribution is 0.116. The summed E-state index contributed by atoms with van der Waals surface area (Å²) < 4.78 is 15.4. The van der Waals surface area contributed by atoms with Gasteiger partial charge in [0, 0.05) is 13.5 Å². The molecule has 102 valence electrons. The second kappa shape index (κ2) is 5.71. The average molecular weight is 264 g/mol. The maximum atomic E-state index is 9.81. The van der Waals surface area contributed by atoms with Gasteiger partial charge in [0.05, 0.1) is 18.8 Å². The molecule has 1 aromatic carbocycles. The van der Waals surface area contributed by atoms with Crippen LogP contribution in [0.25, 0.3) is 11.5 Å². The molecule has 0 spiro atoms. The van der Waals surface area contributed by atoms with Crippen LogP contribution in [0.15, 0.2) is 22.7 Å². The molecule has 0 bridgehead atoms. The third-order valence-corrected chi connectivity index (χ3v) is 2.77. The van der Waals surface area contributed by atoms with Gasteiger partial charge in [-0.15, -0.1) is 0 Å². The van der Waals surface area contributed by atoms with Crippen molar-refractivity contribution >= 4 is 0 Å². The van der Waals surface area contributed by atoms with E-state index in [1.54, 1.807) is 26.4 Å². The van der Waals surface area contributed by atoms with Gasteiger partial charge in [-0.2, -0.15) is 4.98 Å². The van der Waals surface area contributed by atoms with Gasteiger partial charge in [-0.25, -0.2) is 0 Å². The molecule has 1 aromatic heterocycles. The molecule has 0 amide bonds. The predicted molar refractivity (Wildman–Crippen MR) is 68.1 cm³/mol. The minimum Gasteiger partial charge on any atom is -0.507 e. The molecular formula is C13H16N2O4. The van der Waals surface area contributed by atoms with Crippen LogP contribution in [0.4, 0.5) is 0 Å². The molecule has 1 N–H and O–H groups in total. The van der Waals surface area contributed by atoms with Gasteiger partial charge in [-0.05, 0) is 25.1 Å². The van der Waals surface area contributed by atoms with Crippen molar-refractivity contribution in [3.05, 3.63) is 24.0 Å². The van der Waals surface area contributed by atoms with E-state index in [4.69, 9.17) is 14.0 Å². The Kier molecular flexibility index (Phi) is 4.01. The van der Waals surface area contributed by atoms with Crippen LogP contribution in [-0.4, -0.2) is 35.6 Å². The van der Waals surface area contributed by atoms with Crippen molar-refractivity contribution in [3.8, 4) is 23.0 Å². The van der Waals surface area contributed by atoms with E-state index in [0.29, 0.717) is 23.6 Å². The normalized spacial score (nSPS) is 12.4. The van der Waals surface area contributed by atoms with Gasteiger partial charge in [-0.1, -0.05) is 5.16 Å². The molecule has 2 rings (SSSR count). The first-order valence-electron chi connectivity index (χ1n) is 5.86. The number of phenolic OH excluding ortho intramolecular Hbond substituents is 1. The van der Waals surface area contributed by atoms with Crippen LogP contribution in [0.2, 0.25) is 0 Å². The molecule has 2 aromatic rings. The summed E-state index contributed by atoms with van der Waals surface area (Å²) >= 11 is 0. The zero-order valence-corrected chi connectivity index (χ0v) is 11.1. The lowest BCUT2D eigenvalue weighted by Gasteiger charge is -2.04. The average Bonchev–Trinajstić information content (AvgIpc) is 2.87. The monoisotopic (exact) mass is 264 g/mol. The van der Waals surface area contributed by atoms with Gasteiger partial charge < -0.3 is 19.1 Å². The van der Waals surface area contributed by atoms with E-state index in [-0.39, 0.29) is 17.7 Å². The molecular weight excluding hydrogens is 248 g/mol. The number of phenols is 1. The van der Waals surface area contributed by atoms with Crippen LogP contribution >= 0.6 is 0 Å². The zero-order chi connectivity index (χ0) is 13.8. The second-order valence-corrected chi connectivity index (χ2v) is 4.15. The van der Waals surface area contributed by atoms with Crippen molar-refractivity contribution in [2.45, 2.75) is 19.4 Å². The van der Waals surface area contributed by atoms with Crippen molar-refractivity contribution in [1.82, 2.24) is 10.1 Å². The van der Waals surface area contributed by atoms with Crippen LogP contribution in [-0.2, 0) is 11.2 Å². The Balaban J connectivity index is 2.27. The maximum absolute atomic E-state index is 9.81. The molecule has 1 heterocycles. The van der Waals surface area contributed by atoms with Gasteiger partial charge in [0.25, 0.3) is 5.89 Å². The number of nitrogens with zero attached hydrogens (tertiary/aromatic N) is 2. The maximum Gasteiger partial charge on any atom is 0.261 e. The Morgan fingerprint density at radius 2 is 2.16 bits per heavy atom. The van der Waals surface area contributed by atoms with Gasteiger partial charge in [-0.3, -0.25) is 0 Å². The molecule has 0 aliphatic carbocycles. The molecule has 0 fully saturated rings. The largest absolute Gasteiger partial charge is 0.507 e. The van der Waals surface area contributed by atoms with Crippen LogP contribution in [0.3, 0.4) is 0 Å². The van der Waals surface area contributed by atoms with Crippen molar-refractivity contribution in [3.63, 3.8) is 0 Å². The highest BCUT2D eigenvalue weighted by Crippen LogP contribution is 2.31. The molecule has 0 radical (unpaired) electrons. The van der Waals surface area contributed by atoms with Crippen LogP contribution in [0.1, 0.15) is 12.7 Å². The Hall–Kier alpha value is -2.08. The number of hydrogen-bond donors (Lipinski definition) is 1. The van der Waals surface area contributed by atoms with Crippen LogP contribution < -0.4 is 4.74 Å². The molecule has 6 heteroatoms. The Morgan fingerprint density at radius 3 is 2.84 bits per heavy atom. The highest BCUT2D eigenvalue weighted by Gasteiger charge is 2.15. The van der Waals surface area contributed by atoms with Crippen LogP contribution in [0, 0.1) is 0 Å². The van der Waals surface area contributed by atoms with E-state index in [2.05, 4.69) is 10.1 Å². The summed E-state index contributed by atoms with van der Waals surface area (Å²) in [5.41, 5.74) is 0.447. The number of rotatable bonds is 5. The lowest BCUT2D eigenvalue weighted by Crippen LogP contribution is -2.09. The quantitative estimate of drug-likeness (QED) is 0.890. The first-order valence-corrected chi connectivity index (χ1v) is 5.86. The molecule has 0 saturated carbocycles. The van der Waals surface area contributed by atoms with E-state index in [1.165, 1.54) is 6.07 Å². The van der Waals surface area contributed by atoms with Crippen molar-refractivity contribution < 1.29 is 19.1 Å². The summed E-state index contributed by atoms with van der Waals surface area (Å²) in [5, 5.41) is 13.7. The van der Waals surface area contributed by atoms with Gasteiger partial charge >= 0.3 is 0 Å². The molecule has 0 saturated heterocycles. The van der Waals surface area contributed by atoms with Gasteiger partial charge in [0.2, 0.25) is 0 Å². The van der Waals surface area contributed by atoms with Gasteiger partial charge in [0.15, 0.2) is 5.82 Å². The SMILES string of the molecule is COc1ccc(O)c(-c2nc(CC(C)OC)no2)c1. The number of aromatic hydroxyl groups is 1. The number of benzene rings is 1. The molecule has 19 heavy (non-hydrogen) atoms. The van der Waals surface area contributed by atoms with Crippen LogP contribution in [0.5, 0.6) is 11.5 Å². The van der Waals surface area contributed by atoms with Crippen molar-refractivity contribution in [1.29, 1.82) is 0 Å². The Bertz CT molecular complexity index is 553. The van der Waals surface area contributed by atoms with Crippen molar-refractivity contribution in [2.75, 3.05) is 14.2 Å². The number of methoxy groups -OCH3 is 2. The molecule has 6 nitrogen and oxygen atoms in total. The van der Waals surface area contributed by atoms with E-state index in [9.17, 15) is 5.11 Å². The topological polar surface area (TPSA) is 77.6 Å². The summed E-state index contributed by atoms with van der Waals surface area (Å²) in [5.74, 6) is 1.47. The van der Waals surface area contributed by atoms with E-state index < -0.39 is 0 Å². The standard InChI is InChI=1S/C13H16N2O4/c1-8(17-2)6-12-14-13(19-15-12)10-7-9(18-3)4-5-11(10)16/h4-5,7-8,16H,6H2,1-3H3. The smallest absolute Gasteiger partial charge is 0.261 e. The third-order valence-electron chi connectivity index (χ3n) is 2.77. The molecule has 1 unspecified atom stereocenters. The Morgan fingerprint density at radius 1 is 1.37 bits per heavy atom. The van der Waals surface area contributed by atoms with Gasteiger partial charge in [0.1, 0.15) is 11.5 Å². The second-order valence-electron chi connectivity index (χ2n) is 4.15. The molecule has 1 atom stereocenters. The zero-order valence-electron chi connectivity index (χ0n) is 11.1. The van der Waals surface area contributed by atoms with E-state index >= 15 is 0 Å². The highest BCUT2D eigenvalue weighted by atomic mass is 16.5. The van der Waals surface area contributed by atoms with E-state index in [1.807, 2.05) is 6.92 Å². The fraction of sp³-hybridized carbons (Fsp3) is 0.385. The first kappa shape index (κ1) is 13.4. The highest BCUT2D eigenvalue weighted by molar-refractivity contribution is 5.64. The number of ether oxygens (including phenoxy) is 2. The minimum absolute atomic E-state index is 0.00403. The lowest BCUT2D eigenvalue weighted by atomic mass is 10.2. The number of aromatic nitrogens is 2. The summed E-state index contributed by atoms with van der Waals surface area (Å²) in [6.45, 7) is 1.92. The summed E-state index contributed by atoms with van der Waals surface area (Å²) in [7, 11) is 3.18. The summed E-state index contributed by atoms with van der Waals surface area (Å²) in [6.07, 6.45) is 0.550. The Labute approximate surface area is 111 Å². The van der Waals surface area contributed by atoms with Crippen molar-refractivity contribution in [2.24, 2.45) is 0 Å². The van der Waals surface area contributed by atoms with E-state index in [0.717, 1.165) is 0 Å². The third kappa shape index (κ3) is 3.03. The predicted octanol–water partition coefficient (Wildman–Crippen LogP) is 2.03. The molecule has 0 aliphatic heterocycles. The molecule has 0 aliphatic rings. The number of hydrogen-bond acceptors (Lipinski definition) is 6. The minimum atomic E-state index is 0.00403. The fourth-order valence-electron chi connectivity index (χ4n) is 1.60. The summed E-state index contributed by atoms with van der Waals surface area (Å²) in [4.78, 5) is 4.23.